The summed E-state index contributed by atoms with van der Waals surface area (Å²) in [4.78, 5) is 36.3. The summed E-state index contributed by atoms with van der Waals surface area (Å²) in [6.45, 7) is -0.579. The molecule has 122 valence electrons. The minimum atomic E-state index is -0.659. The van der Waals surface area contributed by atoms with Crippen LogP contribution in [-0.4, -0.2) is 49.9 Å². The maximum atomic E-state index is 13.1. The average molecular weight is 338 g/mol. The van der Waals surface area contributed by atoms with Crippen LogP contribution in [0.1, 0.15) is 9.67 Å². The van der Waals surface area contributed by atoms with Crippen LogP contribution in [0.15, 0.2) is 24.3 Å². The molecule has 0 spiro atoms. The second-order valence-electron chi connectivity index (χ2n) is 4.79. The highest BCUT2D eigenvalue weighted by Gasteiger charge is 2.17. The SMILES string of the molecule is CNC(=O)CN(C)C(=O)COC(=O)c1cc2cc(F)ccc2s1. The first-order chi connectivity index (χ1) is 10.9. The van der Waals surface area contributed by atoms with Gasteiger partial charge in [0.1, 0.15) is 10.7 Å². The smallest absolute Gasteiger partial charge is 0.348 e. The fraction of sp³-hybridized carbons (Fsp3) is 0.267. The molecule has 0 saturated carbocycles. The van der Waals surface area contributed by atoms with Crippen molar-refractivity contribution in [3.05, 3.63) is 35.0 Å². The van der Waals surface area contributed by atoms with Gasteiger partial charge in [0.25, 0.3) is 5.91 Å². The highest BCUT2D eigenvalue weighted by Crippen LogP contribution is 2.26. The Morgan fingerprint density at radius 2 is 2.04 bits per heavy atom. The molecule has 6 nitrogen and oxygen atoms in total. The van der Waals surface area contributed by atoms with Gasteiger partial charge in [0.15, 0.2) is 6.61 Å². The Balaban J connectivity index is 1.95. The Morgan fingerprint density at radius 1 is 1.30 bits per heavy atom. The summed E-state index contributed by atoms with van der Waals surface area (Å²) in [5, 5.41) is 2.99. The van der Waals surface area contributed by atoms with Crippen molar-refractivity contribution in [3.63, 3.8) is 0 Å². The number of thiophene rings is 1. The summed E-state index contributed by atoms with van der Waals surface area (Å²) >= 11 is 1.16. The molecule has 0 aliphatic carbocycles. The van der Waals surface area contributed by atoms with Gasteiger partial charge in [-0.1, -0.05) is 0 Å². The number of rotatable bonds is 5. The summed E-state index contributed by atoms with van der Waals surface area (Å²) < 4.78 is 18.8. The van der Waals surface area contributed by atoms with Crippen molar-refractivity contribution >= 4 is 39.2 Å². The first-order valence-electron chi connectivity index (χ1n) is 6.71. The molecule has 2 aromatic rings. The van der Waals surface area contributed by atoms with Gasteiger partial charge in [0.2, 0.25) is 5.91 Å². The third-order valence-electron chi connectivity index (χ3n) is 3.09. The Kier molecular flexibility index (Phi) is 5.28. The lowest BCUT2D eigenvalue weighted by Crippen LogP contribution is -2.39. The molecule has 0 bridgehead atoms. The van der Waals surface area contributed by atoms with Crippen LogP contribution < -0.4 is 5.32 Å². The van der Waals surface area contributed by atoms with Gasteiger partial charge >= 0.3 is 5.97 Å². The molecule has 0 atom stereocenters. The van der Waals surface area contributed by atoms with E-state index in [9.17, 15) is 18.8 Å². The van der Waals surface area contributed by atoms with Crippen LogP contribution in [0, 0.1) is 5.82 Å². The summed E-state index contributed by atoms with van der Waals surface area (Å²) in [7, 11) is 2.90. The van der Waals surface area contributed by atoms with Crippen molar-refractivity contribution in [3.8, 4) is 0 Å². The maximum Gasteiger partial charge on any atom is 0.348 e. The zero-order valence-electron chi connectivity index (χ0n) is 12.6. The Labute approximate surface area is 135 Å². The third-order valence-corrected chi connectivity index (χ3v) is 4.19. The molecule has 0 fully saturated rings. The van der Waals surface area contributed by atoms with E-state index in [0.29, 0.717) is 5.39 Å². The molecule has 0 unspecified atom stereocenters. The molecule has 1 heterocycles. The van der Waals surface area contributed by atoms with Gasteiger partial charge < -0.3 is 15.0 Å². The Hall–Kier alpha value is -2.48. The van der Waals surface area contributed by atoms with Crippen LogP contribution in [0.3, 0.4) is 0 Å². The van der Waals surface area contributed by atoms with Crippen LogP contribution in [0.4, 0.5) is 4.39 Å². The first kappa shape index (κ1) is 16.9. The zero-order chi connectivity index (χ0) is 17.0. The van der Waals surface area contributed by atoms with Gasteiger partial charge in [-0.05, 0) is 29.7 Å². The van der Waals surface area contributed by atoms with Crippen LogP contribution in [0.25, 0.3) is 10.1 Å². The van der Waals surface area contributed by atoms with Gasteiger partial charge in [-0.15, -0.1) is 11.3 Å². The third kappa shape index (κ3) is 4.26. The molecule has 0 aliphatic heterocycles. The highest BCUT2D eigenvalue weighted by molar-refractivity contribution is 7.20. The number of likely N-dealkylation sites (N-methyl/N-ethyl adjacent to an activating group) is 2. The molecule has 8 heteroatoms. The zero-order valence-corrected chi connectivity index (χ0v) is 13.4. The van der Waals surface area contributed by atoms with E-state index in [4.69, 9.17) is 4.74 Å². The number of hydrogen-bond donors (Lipinski definition) is 1. The van der Waals surface area contributed by atoms with Crippen LogP contribution >= 0.6 is 11.3 Å². The fourth-order valence-electron chi connectivity index (χ4n) is 1.81. The van der Waals surface area contributed by atoms with Gasteiger partial charge in [0.05, 0.1) is 6.54 Å². The van der Waals surface area contributed by atoms with Gasteiger partial charge in [-0.25, -0.2) is 9.18 Å². The fourth-order valence-corrected chi connectivity index (χ4v) is 2.74. The largest absolute Gasteiger partial charge is 0.451 e. The van der Waals surface area contributed by atoms with E-state index >= 15 is 0 Å². The molecular weight excluding hydrogens is 323 g/mol. The molecule has 2 amide bonds. The van der Waals surface area contributed by atoms with Crippen LogP contribution in [0.2, 0.25) is 0 Å². The minimum Gasteiger partial charge on any atom is -0.451 e. The number of hydrogen-bond acceptors (Lipinski definition) is 5. The molecule has 0 radical (unpaired) electrons. The van der Waals surface area contributed by atoms with Gasteiger partial charge in [-0.2, -0.15) is 0 Å². The summed E-state index contributed by atoms with van der Waals surface area (Å²) in [5.41, 5.74) is 0. The standard InChI is InChI=1S/C15H15FN2O4S/c1-17-13(19)7-18(2)14(20)8-22-15(21)12-6-9-5-10(16)3-4-11(9)23-12/h3-6H,7-8H2,1-2H3,(H,17,19). The number of nitrogens with zero attached hydrogens (tertiary/aromatic N) is 1. The van der Waals surface area contributed by atoms with Crippen molar-refractivity contribution in [2.75, 3.05) is 27.2 Å². The number of halogens is 1. The van der Waals surface area contributed by atoms with E-state index < -0.39 is 18.5 Å². The summed E-state index contributed by atoms with van der Waals surface area (Å²) in [6, 6.07) is 5.73. The molecule has 2 rings (SSSR count). The normalized spacial score (nSPS) is 10.4. The van der Waals surface area contributed by atoms with Crippen LogP contribution in [0.5, 0.6) is 0 Å². The van der Waals surface area contributed by atoms with Crippen molar-refractivity contribution in [1.82, 2.24) is 10.2 Å². The molecule has 1 aromatic heterocycles. The number of carbonyl (C=O) groups excluding carboxylic acids is 3. The Bertz CT molecular complexity index is 759. The van der Waals surface area contributed by atoms with Gasteiger partial charge in [-0.3, -0.25) is 9.59 Å². The number of fused-ring (bicyclic) bond motifs is 1. The van der Waals surface area contributed by atoms with E-state index in [0.717, 1.165) is 20.9 Å². The lowest BCUT2D eigenvalue weighted by molar-refractivity contribution is -0.137. The number of nitrogens with one attached hydrogen (secondary N) is 1. The summed E-state index contributed by atoms with van der Waals surface area (Å²) in [6.07, 6.45) is 0. The van der Waals surface area contributed by atoms with E-state index in [1.165, 1.54) is 32.3 Å². The molecule has 23 heavy (non-hydrogen) atoms. The number of amides is 2. The minimum absolute atomic E-state index is 0.116. The topological polar surface area (TPSA) is 75.7 Å². The predicted octanol–water partition coefficient (Wildman–Crippen LogP) is 1.40. The second-order valence-corrected chi connectivity index (χ2v) is 5.88. The van der Waals surface area contributed by atoms with Gasteiger partial charge in [0, 0.05) is 18.8 Å². The van der Waals surface area contributed by atoms with E-state index in [1.54, 1.807) is 6.07 Å². The van der Waals surface area contributed by atoms with E-state index in [2.05, 4.69) is 5.32 Å². The summed E-state index contributed by atoms with van der Waals surface area (Å²) in [5.74, 6) is -1.86. The van der Waals surface area contributed by atoms with Crippen molar-refractivity contribution < 1.29 is 23.5 Å². The molecule has 0 aliphatic rings. The lowest BCUT2D eigenvalue weighted by atomic mass is 10.2. The molecule has 1 aromatic carbocycles. The van der Waals surface area contributed by atoms with Crippen LogP contribution in [-0.2, 0) is 14.3 Å². The average Bonchev–Trinajstić information content (AvgIpc) is 2.94. The van der Waals surface area contributed by atoms with Crippen molar-refractivity contribution in [2.45, 2.75) is 0 Å². The predicted molar refractivity (Wildman–Crippen MR) is 83.8 cm³/mol. The van der Waals surface area contributed by atoms with Crippen molar-refractivity contribution in [2.24, 2.45) is 0 Å². The first-order valence-corrected chi connectivity index (χ1v) is 7.53. The maximum absolute atomic E-state index is 13.1. The van der Waals surface area contributed by atoms with E-state index in [-0.39, 0.29) is 23.1 Å². The number of ether oxygens (including phenoxy) is 1. The number of esters is 1. The lowest BCUT2D eigenvalue weighted by Gasteiger charge is -2.15. The second kappa shape index (κ2) is 7.19. The molecule has 1 N–H and O–H groups in total. The highest BCUT2D eigenvalue weighted by atomic mass is 32.1. The van der Waals surface area contributed by atoms with Crippen molar-refractivity contribution in [1.29, 1.82) is 0 Å². The van der Waals surface area contributed by atoms with E-state index in [1.807, 2.05) is 0 Å². The Morgan fingerprint density at radius 3 is 2.74 bits per heavy atom. The number of carbonyl (C=O) groups is 3. The number of benzene rings is 1. The monoisotopic (exact) mass is 338 g/mol. The molecular formula is C15H15FN2O4S. The molecule has 0 saturated heterocycles. The quantitative estimate of drug-likeness (QED) is 0.836.